The predicted octanol–water partition coefficient (Wildman–Crippen LogP) is -1.60. The first kappa shape index (κ1) is 13.3. The standard InChI is InChI=1S/C11H7ClN4O.Na/c12-7-2-1-3-8(4-7)16-10-9(5-15-16)11(17)14-6-13-10;/h1-6H,(H,13,14,15,17);/q;+1/p-1. The van der Waals surface area contributed by atoms with Crippen LogP contribution in [0.2, 0.25) is 5.02 Å². The SMILES string of the molecule is O=c1[n-]cnc2c1cnn2-c1cccc(Cl)c1.[Na+]. The molecular formula is C11H6ClN4NaO. The fraction of sp³-hybridized carbons (Fsp3) is 0. The van der Waals surface area contributed by atoms with Gasteiger partial charge in [0.1, 0.15) is 0 Å². The molecule has 3 aromatic rings. The Balaban J connectivity index is 0.00000120. The van der Waals surface area contributed by atoms with Crippen molar-refractivity contribution >= 4 is 22.6 Å². The Kier molecular flexibility index (Phi) is 3.87. The predicted molar refractivity (Wildman–Crippen MR) is 63.5 cm³/mol. The van der Waals surface area contributed by atoms with Gasteiger partial charge in [-0.3, -0.25) is 4.79 Å². The number of benzene rings is 1. The molecule has 0 radical (unpaired) electrons. The summed E-state index contributed by atoms with van der Waals surface area (Å²) in [7, 11) is 0. The molecule has 0 aliphatic heterocycles. The maximum Gasteiger partial charge on any atom is 1.00 e. The van der Waals surface area contributed by atoms with Gasteiger partial charge in [0.05, 0.1) is 22.9 Å². The van der Waals surface area contributed by atoms with E-state index in [1.165, 1.54) is 12.5 Å². The normalized spacial score (nSPS) is 10.3. The van der Waals surface area contributed by atoms with Crippen LogP contribution < -0.4 is 40.1 Å². The zero-order chi connectivity index (χ0) is 11.8. The zero-order valence-corrected chi connectivity index (χ0v) is 12.3. The van der Waals surface area contributed by atoms with Gasteiger partial charge in [0, 0.05) is 5.02 Å². The van der Waals surface area contributed by atoms with Gasteiger partial charge in [-0.05, 0) is 18.2 Å². The molecule has 0 N–H and O–H groups in total. The number of hydrogen-bond acceptors (Lipinski definition) is 3. The second-order valence-corrected chi connectivity index (χ2v) is 3.89. The monoisotopic (exact) mass is 268 g/mol. The zero-order valence-electron chi connectivity index (χ0n) is 9.54. The van der Waals surface area contributed by atoms with Crippen molar-refractivity contribution in [3.8, 4) is 5.69 Å². The van der Waals surface area contributed by atoms with Crippen molar-refractivity contribution in [3.05, 3.63) is 52.2 Å². The summed E-state index contributed by atoms with van der Waals surface area (Å²) in [5.41, 5.74) is 0.904. The third-order valence-corrected chi connectivity index (χ3v) is 2.62. The Morgan fingerprint density at radius 2 is 2.17 bits per heavy atom. The molecule has 2 aromatic heterocycles. The Hall–Kier alpha value is -1.14. The van der Waals surface area contributed by atoms with Crippen molar-refractivity contribution in [2.24, 2.45) is 0 Å². The van der Waals surface area contributed by atoms with Gasteiger partial charge in [-0.25, -0.2) is 4.68 Å². The number of nitrogens with zero attached hydrogens (tertiary/aromatic N) is 4. The van der Waals surface area contributed by atoms with Gasteiger partial charge in [-0.15, -0.1) is 0 Å². The first-order valence-electron chi connectivity index (χ1n) is 4.87. The molecule has 0 saturated heterocycles. The molecule has 18 heavy (non-hydrogen) atoms. The second kappa shape index (κ2) is 5.24. The van der Waals surface area contributed by atoms with Gasteiger partial charge in [0.25, 0.3) is 0 Å². The Morgan fingerprint density at radius 3 is 2.94 bits per heavy atom. The van der Waals surface area contributed by atoms with Gasteiger partial charge >= 0.3 is 29.6 Å². The van der Waals surface area contributed by atoms with E-state index in [2.05, 4.69) is 15.1 Å². The molecule has 1 aromatic carbocycles. The van der Waals surface area contributed by atoms with Crippen LogP contribution in [0.4, 0.5) is 0 Å². The fourth-order valence-electron chi connectivity index (χ4n) is 1.62. The van der Waals surface area contributed by atoms with E-state index in [0.717, 1.165) is 5.69 Å². The van der Waals surface area contributed by atoms with Gasteiger partial charge in [0.15, 0.2) is 5.56 Å². The van der Waals surface area contributed by atoms with E-state index in [-0.39, 0.29) is 35.1 Å². The molecule has 5 nitrogen and oxygen atoms in total. The largest absolute Gasteiger partial charge is 1.00 e. The Bertz CT molecular complexity index is 752. The van der Waals surface area contributed by atoms with Crippen molar-refractivity contribution in [1.29, 1.82) is 0 Å². The Labute approximate surface area is 129 Å². The van der Waals surface area contributed by atoms with Crippen molar-refractivity contribution in [2.75, 3.05) is 0 Å². The number of aromatic nitrogens is 4. The maximum absolute atomic E-state index is 11.5. The molecule has 2 heterocycles. The van der Waals surface area contributed by atoms with Crippen LogP contribution in [0.5, 0.6) is 0 Å². The molecule has 3 rings (SSSR count). The van der Waals surface area contributed by atoms with E-state index in [0.29, 0.717) is 16.1 Å². The minimum Gasteiger partial charge on any atom is -0.426 e. The van der Waals surface area contributed by atoms with E-state index < -0.39 is 0 Å². The molecule has 0 bridgehead atoms. The summed E-state index contributed by atoms with van der Waals surface area (Å²) in [6.07, 6.45) is 2.69. The molecular weight excluding hydrogens is 263 g/mol. The molecule has 0 amide bonds. The molecule has 0 aliphatic carbocycles. The molecule has 0 spiro atoms. The summed E-state index contributed by atoms with van der Waals surface area (Å²) < 4.78 is 1.56. The summed E-state index contributed by atoms with van der Waals surface area (Å²) in [5, 5.41) is 5.12. The van der Waals surface area contributed by atoms with E-state index in [4.69, 9.17) is 11.6 Å². The van der Waals surface area contributed by atoms with Crippen molar-refractivity contribution in [2.45, 2.75) is 0 Å². The molecule has 7 heteroatoms. The first-order valence-corrected chi connectivity index (χ1v) is 5.25. The third-order valence-electron chi connectivity index (χ3n) is 2.38. The van der Waals surface area contributed by atoms with Crippen LogP contribution in [-0.2, 0) is 0 Å². The van der Waals surface area contributed by atoms with E-state index in [1.807, 2.05) is 12.1 Å². The van der Waals surface area contributed by atoms with E-state index in [1.54, 1.807) is 16.8 Å². The number of fused-ring (bicyclic) bond motifs is 1. The summed E-state index contributed by atoms with van der Waals surface area (Å²) in [6.45, 7) is 0. The fourth-order valence-corrected chi connectivity index (χ4v) is 1.80. The summed E-state index contributed by atoms with van der Waals surface area (Å²) in [6, 6.07) is 7.17. The van der Waals surface area contributed by atoms with Gasteiger partial charge in [-0.1, -0.05) is 24.0 Å². The van der Waals surface area contributed by atoms with Crippen LogP contribution in [0.1, 0.15) is 0 Å². The number of halogens is 1. The Morgan fingerprint density at radius 1 is 1.33 bits per heavy atom. The smallest absolute Gasteiger partial charge is 0.426 e. The van der Waals surface area contributed by atoms with Crippen LogP contribution in [-0.4, -0.2) is 14.8 Å². The maximum atomic E-state index is 11.5. The quantitative estimate of drug-likeness (QED) is 0.499. The van der Waals surface area contributed by atoms with Crippen molar-refractivity contribution < 1.29 is 29.6 Å². The summed E-state index contributed by atoms with van der Waals surface area (Å²) in [4.78, 5) is 19.1. The molecule has 0 fully saturated rings. The van der Waals surface area contributed by atoms with Crippen molar-refractivity contribution in [1.82, 2.24) is 19.7 Å². The number of hydrogen-bond donors (Lipinski definition) is 0. The van der Waals surface area contributed by atoms with Crippen LogP contribution in [0.15, 0.2) is 41.6 Å². The topological polar surface area (TPSA) is 61.9 Å². The molecule has 0 aliphatic rings. The van der Waals surface area contributed by atoms with E-state index in [9.17, 15) is 4.79 Å². The van der Waals surface area contributed by atoms with Gasteiger partial charge < -0.3 is 9.97 Å². The van der Waals surface area contributed by atoms with Crippen LogP contribution in [0, 0.1) is 0 Å². The minimum atomic E-state index is -0.330. The van der Waals surface area contributed by atoms with Crippen LogP contribution in [0.3, 0.4) is 0 Å². The van der Waals surface area contributed by atoms with Crippen LogP contribution in [0.25, 0.3) is 16.7 Å². The average Bonchev–Trinajstić information content (AvgIpc) is 2.74. The third kappa shape index (κ3) is 2.22. The molecule has 0 saturated carbocycles. The van der Waals surface area contributed by atoms with Crippen LogP contribution >= 0.6 is 11.6 Å². The molecule has 0 atom stereocenters. The van der Waals surface area contributed by atoms with Gasteiger partial charge in [-0.2, -0.15) is 5.10 Å². The summed E-state index contributed by atoms with van der Waals surface area (Å²) >= 11 is 5.91. The minimum absolute atomic E-state index is 0. The van der Waals surface area contributed by atoms with Crippen molar-refractivity contribution in [3.63, 3.8) is 0 Å². The average molecular weight is 269 g/mol. The first-order chi connectivity index (χ1) is 8.25. The molecule has 0 unspecified atom stereocenters. The summed E-state index contributed by atoms with van der Waals surface area (Å²) in [5.74, 6) is 0. The second-order valence-electron chi connectivity index (χ2n) is 3.45. The molecule has 84 valence electrons. The van der Waals surface area contributed by atoms with E-state index >= 15 is 0 Å². The number of rotatable bonds is 1. The van der Waals surface area contributed by atoms with Gasteiger partial charge in [0.2, 0.25) is 0 Å².